The second-order valence-electron chi connectivity index (χ2n) is 2.40. The molecule has 0 aliphatic carbocycles. The van der Waals surface area contributed by atoms with Crippen LogP contribution in [0.2, 0.25) is 5.54 Å². The van der Waals surface area contributed by atoms with Gasteiger partial charge in [0.15, 0.2) is 0 Å². The first-order valence-corrected chi connectivity index (χ1v) is 4.38. The topological polar surface area (TPSA) is 75.3 Å². The minimum absolute atomic E-state index is 0.113. The Balaban J connectivity index is 3.69. The summed E-state index contributed by atoms with van der Waals surface area (Å²) in [6.45, 7) is 0.694. The van der Waals surface area contributed by atoms with Gasteiger partial charge in [0.2, 0.25) is 0 Å². The predicted octanol–water partition coefficient (Wildman–Crippen LogP) is -2.23. The van der Waals surface area contributed by atoms with Crippen LogP contribution in [0, 0.1) is 0 Å². The molecule has 0 fully saturated rings. The molecule has 0 aromatic carbocycles. The molecule has 2 atom stereocenters. The number of hydrogen-bond acceptors (Lipinski definition) is 3. The molecule has 0 aliphatic rings. The van der Waals surface area contributed by atoms with Crippen LogP contribution in [0.4, 0.5) is 0 Å². The molecule has 5 heteroatoms. The molecule has 0 aromatic rings. The molecule has 4 N–H and O–H groups in total. The molecule has 0 spiro atoms. The zero-order valence-electron chi connectivity index (χ0n) is 6.29. The van der Waals surface area contributed by atoms with E-state index in [1.165, 1.54) is 0 Å². The van der Waals surface area contributed by atoms with Crippen LogP contribution in [0.1, 0.15) is 0 Å². The Hall–Kier alpha value is -0.393. The van der Waals surface area contributed by atoms with Crippen molar-refractivity contribution in [3.05, 3.63) is 0 Å². The Kier molecular flexibility index (Phi) is 4.25. The maximum atomic E-state index is 10.3. The molecular weight excluding hydrogens is 148 g/mol. The average Bonchev–Trinajstić information content (AvgIpc) is 1.87. The Morgan fingerprint density at radius 2 is 2.40 bits per heavy atom. The number of aliphatic carboxylic acids is 1. The van der Waals surface area contributed by atoms with Gasteiger partial charge in [0.05, 0.1) is 0 Å². The van der Waals surface area contributed by atoms with Crippen molar-refractivity contribution in [1.29, 1.82) is 0 Å². The lowest BCUT2D eigenvalue weighted by atomic mass is 10.2. The summed E-state index contributed by atoms with van der Waals surface area (Å²) < 4.78 is 0. The van der Waals surface area contributed by atoms with Gasteiger partial charge in [-0.2, -0.15) is 0 Å². The van der Waals surface area contributed by atoms with E-state index in [-0.39, 0.29) is 5.54 Å². The first kappa shape index (κ1) is 9.61. The first-order valence-electron chi connectivity index (χ1n) is 3.22. The molecule has 0 aliphatic heterocycles. The summed E-state index contributed by atoms with van der Waals surface area (Å²) >= 11 is 0. The minimum atomic E-state index is -0.907. The smallest absolute Gasteiger partial charge is 0.320 e. The van der Waals surface area contributed by atoms with E-state index >= 15 is 0 Å². The Bertz CT molecular complexity index is 120. The fraction of sp³-hybridized carbons (Fsp3) is 0.800. The van der Waals surface area contributed by atoms with Crippen molar-refractivity contribution in [3.8, 4) is 0 Å². The van der Waals surface area contributed by atoms with Gasteiger partial charge in [0.25, 0.3) is 0 Å². The molecule has 0 saturated carbocycles. The predicted molar refractivity (Wildman–Crippen MR) is 43.2 cm³/mol. The second-order valence-corrected chi connectivity index (χ2v) is 3.88. The quantitative estimate of drug-likeness (QED) is 0.409. The zero-order valence-corrected chi connectivity index (χ0v) is 8.29. The normalized spacial score (nSPS) is 16.6. The van der Waals surface area contributed by atoms with Crippen molar-refractivity contribution in [2.24, 2.45) is 5.73 Å². The van der Waals surface area contributed by atoms with Crippen LogP contribution < -0.4 is 11.1 Å². The third-order valence-corrected chi connectivity index (χ3v) is 2.55. The molecule has 0 saturated heterocycles. The van der Waals surface area contributed by atoms with E-state index in [4.69, 9.17) is 10.8 Å². The largest absolute Gasteiger partial charge is 0.480 e. The molecule has 60 valence electrons. The molecule has 10 heavy (non-hydrogen) atoms. The lowest BCUT2D eigenvalue weighted by Crippen LogP contribution is -2.38. The van der Waals surface area contributed by atoms with Crippen molar-refractivity contribution in [3.63, 3.8) is 0 Å². The van der Waals surface area contributed by atoms with E-state index in [1.54, 1.807) is 7.05 Å². The van der Waals surface area contributed by atoms with E-state index in [0.29, 0.717) is 6.54 Å². The van der Waals surface area contributed by atoms with Gasteiger partial charge in [0, 0.05) is 10.2 Å². The highest BCUT2D eigenvalue weighted by molar-refractivity contribution is 6.14. The van der Waals surface area contributed by atoms with Gasteiger partial charge >= 0.3 is 5.97 Å². The molecular formula is C5H14N2O2Si. The van der Waals surface area contributed by atoms with Gasteiger partial charge in [-0.25, -0.2) is 0 Å². The fourth-order valence-electron chi connectivity index (χ4n) is 0.692. The summed E-state index contributed by atoms with van der Waals surface area (Å²) in [6.07, 6.45) is 0. The number of nitrogens with one attached hydrogen (secondary N) is 1. The Morgan fingerprint density at radius 3 is 2.70 bits per heavy atom. The first-order chi connectivity index (χ1) is 4.59. The zero-order chi connectivity index (χ0) is 8.15. The number of carbonyl (C=O) groups is 1. The summed E-state index contributed by atoms with van der Waals surface area (Å²) in [6, 6.07) is -0.695. The van der Waals surface area contributed by atoms with Crippen molar-refractivity contribution in [2.75, 3.05) is 13.6 Å². The van der Waals surface area contributed by atoms with Crippen molar-refractivity contribution in [1.82, 2.24) is 5.32 Å². The molecule has 4 nitrogen and oxygen atoms in total. The van der Waals surface area contributed by atoms with Crippen LogP contribution in [-0.4, -0.2) is 41.0 Å². The number of carboxylic acid groups (broad SMARTS) is 1. The number of carboxylic acids is 1. The molecule has 0 bridgehead atoms. The average molecular weight is 162 g/mol. The summed E-state index contributed by atoms with van der Waals surface area (Å²) in [5.74, 6) is -0.907. The number of rotatable bonds is 4. The van der Waals surface area contributed by atoms with Crippen LogP contribution >= 0.6 is 0 Å². The van der Waals surface area contributed by atoms with Gasteiger partial charge in [-0.1, -0.05) is 0 Å². The maximum absolute atomic E-state index is 10.3. The lowest BCUT2D eigenvalue weighted by molar-refractivity contribution is -0.138. The van der Waals surface area contributed by atoms with Crippen molar-refractivity contribution >= 4 is 16.2 Å². The van der Waals surface area contributed by atoms with Gasteiger partial charge in [-0.3, -0.25) is 4.79 Å². The lowest BCUT2D eigenvalue weighted by Gasteiger charge is -2.14. The monoisotopic (exact) mass is 162 g/mol. The van der Waals surface area contributed by atoms with Gasteiger partial charge < -0.3 is 16.2 Å². The van der Waals surface area contributed by atoms with Gasteiger partial charge in [-0.05, 0) is 19.1 Å². The van der Waals surface area contributed by atoms with Crippen LogP contribution in [0.3, 0.4) is 0 Å². The standard InChI is InChI=1S/C5H14N2O2Si/c1-7-2-3(10)4(6)5(8)9/h3-4,7H,2,6H2,1,10H3,(H,8,9)/t3?,4-/m0/s1. The second kappa shape index (κ2) is 4.43. The number of hydrogen-bond donors (Lipinski definition) is 3. The van der Waals surface area contributed by atoms with Crippen LogP contribution in [0.15, 0.2) is 0 Å². The summed E-state index contributed by atoms with van der Waals surface area (Å²) in [7, 11) is 2.60. The van der Waals surface area contributed by atoms with E-state index in [1.807, 2.05) is 0 Å². The fourth-order valence-corrected chi connectivity index (χ4v) is 1.39. The minimum Gasteiger partial charge on any atom is -0.480 e. The van der Waals surface area contributed by atoms with Crippen LogP contribution in [0.25, 0.3) is 0 Å². The third-order valence-electron chi connectivity index (χ3n) is 1.42. The summed E-state index contributed by atoms with van der Waals surface area (Å²) in [4.78, 5) is 10.3. The van der Waals surface area contributed by atoms with Crippen molar-refractivity contribution < 1.29 is 9.90 Å². The molecule has 0 aromatic heterocycles. The highest BCUT2D eigenvalue weighted by Gasteiger charge is 2.18. The highest BCUT2D eigenvalue weighted by Crippen LogP contribution is 2.00. The molecule has 1 unspecified atom stereocenters. The summed E-state index contributed by atoms with van der Waals surface area (Å²) in [5, 5.41) is 11.3. The number of nitrogens with two attached hydrogens (primary N) is 1. The van der Waals surface area contributed by atoms with E-state index < -0.39 is 12.0 Å². The van der Waals surface area contributed by atoms with Gasteiger partial charge in [0.1, 0.15) is 6.04 Å². The Labute approximate surface area is 63.2 Å². The van der Waals surface area contributed by atoms with E-state index in [2.05, 4.69) is 5.32 Å². The Morgan fingerprint density at radius 1 is 1.90 bits per heavy atom. The molecule has 0 amide bonds. The van der Waals surface area contributed by atoms with Crippen LogP contribution in [-0.2, 0) is 4.79 Å². The van der Waals surface area contributed by atoms with E-state index in [9.17, 15) is 4.79 Å². The molecule has 0 rings (SSSR count). The van der Waals surface area contributed by atoms with E-state index in [0.717, 1.165) is 10.2 Å². The summed E-state index contributed by atoms with van der Waals surface area (Å²) in [5.41, 5.74) is 5.45. The van der Waals surface area contributed by atoms with Gasteiger partial charge in [-0.15, -0.1) is 0 Å². The molecule has 0 radical (unpaired) electrons. The SMILES string of the molecule is CNCC([SiH3])[C@H](N)C(=O)O. The highest BCUT2D eigenvalue weighted by atomic mass is 28.1. The van der Waals surface area contributed by atoms with Crippen molar-refractivity contribution in [2.45, 2.75) is 11.6 Å². The third kappa shape index (κ3) is 2.95. The van der Waals surface area contributed by atoms with Crippen LogP contribution in [0.5, 0.6) is 0 Å². The molecule has 0 heterocycles. The maximum Gasteiger partial charge on any atom is 0.320 e.